The number of carbonyl (C=O) groups is 2. The SMILES string of the molecule is C(=C\c1ccnc(-c2cc(/C=C/c3ccccc3)ccn2)c1)/c1ccccc1.C=CC=NC.C=N/C=C\C.CCOC(=O)c1ccnc(-c2cc(C(=O)OCC)ccn2)c1.[Ru]. The van der Waals surface area contributed by atoms with Crippen LogP contribution in [0.1, 0.15) is 63.7 Å². The first kappa shape index (κ1) is 50.0. The van der Waals surface area contributed by atoms with Crippen LogP contribution in [0.5, 0.6) is 0 Å². The number of nitrogens with zero attached hydrogens (tertiary/aromatic N) is 6. The second-order valence-electron chi connectivity index (χ2n) is 12.0. The third-order valence-corrected chi connectivity index (χ3v) is 7.68. The predicted octanol–water partition coefficient (Wildman–Crippen LogP) is 11.1. The van der Waals surface area contributed by atoms with Crippen molar-refractivity contribution in [3.05, 3.63) is 192 Å². The normalized spacial score (nSPS) is 10.3. The van der Waals surface area contributed by atoms with Crippen LogP contribution in [0.2, 0.25) is 0 Å². The molecule has 0 aliphatic heterocycles. The summed E-state index contributed by atoms with van der Waals surface area (Å²) >= 11 is 0. The summed E-state index contributed by atoms with van der Waals surface area (Å²) in [7, 11) is 1.71. The summed E-state index contributed by atoms with van der Waals surface area (Å²) in [4.78, 5) is 47.9. The van der Waals surface area contributed by atoms with Crippen LogP contribution >= 0.6 is 0 Å². The molecule has 0 N–H and O–H groups in total. The van der Waals surface area contributed by atoms with Gasteiger partial charge in [0, 0.05) is 63.7 Å². The van der Waals surface area contributed by atoms with Gasteiger partial charge in [0.25, 0.3) is 0 Å². The van der Waals surface area contributed by atoms with Crippen LogP contribution in [0.3, 0.4) is 0 Å². The number of benzene rings is 2. The predicted molar refractivity (Wildman–Crippen MR) is 247 cm³/mol. The van der Waals surface area contributed by atoms with Gasteiger partial charge in [0.15, 0.2) is 0 Å². The summed E-state index contributed by atoms with van der Waals surface area (Å²) in [5, 5.41) is 0. The molecule has 0 saturated heterocycles. The van der Waals surface area contributed by atoms with E-state index >= 15 is 0 Å². The Kier molecular flexibility index (Phi) is 24.6. The van der Waals surface area contributed by atoms with Gasteiger partial charge in [0.2, 0.25) is 0 Å². The summed E-state index contributed by atoms with van der Waals surface area (Å²) in [6.45, 7) is 12.6. The molecule has 0 radical (unpaired) electrons. The molecule has 0 fully saturated rings. The van der Waals surface area contributed by atoms with E-state index < -0.39 is 11.9 Å². The largest absolute Gasteiger partial charge is 0.462 e. The maximum Gasteiger partial charge on any atom is 0.338 e. The fourth-order valence-corrected chi connectivity index (χ4v) is 4.93. The van der Waals surface area contributed by atoms with E-state index in [1.54, 1.807) is 63.7 Å². The second kappa shape index (κ2) is 30.0. The third kappa shape index (κ3) is 19.0. The van der Waals surface area contributed by atoms with Crippen molar-refractivity contribution in [3.63, 3.8) is 0 Å². The minimum Gasteiger partial charge on any atom is -0.462 e. The zero-order valence-electron chi connectivity index (χ0n) is 34.8. The fourth-order valence-electron chi connectivity index (χ4n) is 4.93. The van der Waals surface area contributed by atoms with Crippen LogP contribution in [0.15, 0.2) is 169 Å². The Balaban J connectivity index is 0.000000346. The summed E-state index contributed by atoms with van der Waals surface area (Å²) in [5.74, 6) is -0.847. The molecule has 4 aromatic heterocycles. The van der Waals surface area contributed by atoms with E-state index in [1.807, 2.05) is 73.9 Å². The minimum absolute atomic E-state index is 0. The van der Waals surface area contributed by atoms with Crippen LogP contribution in [0.4, 0.5) is 0 Å². The molecule has 6 aromatic rings. The first-order valence-corrected chi connectivity index (χ1v) is 19.1. The molecule has 61 heavy (non-hydrogen) atoms. The number of aromatic nitrogens is 4. The molecule has 0 spiro atoms. The molecule has 0 aliphatic carbocycles. The van der Waals surface area contributed by atoms with Crippen molar-refractivity contribution in [2.24, 2.45) is 9.98 Å². The van der Waals surface area contributed by atoms with Gasteiger partial charge in [-0.3, -0.25) is 29.9 Å². The number of ether oxygens (including phenoxy) is 2. The number of esters is 2. The minimum atomic E-state index is -0.423. The number of pyridine rings is 4. The van der Waals surface area contributed by atoms with E-state index in [0.29, 0.717) is 35.7 Å². The van der Waals surface area contributed by atoms with Gasteiger partial charge < -0.3 is 9.47 Å². The Bertz CT molecular complexity index is 2200. The Morgan fingerprint density at radius 3 is 1.28 bits per heavy atom. The van der Waals surface area contributed by atoms with Gasteiger partial charge in [-0.15, -0.1) is 0 Å². The van der Waals surface area contributed by atoms with Gasteiger partial charge in [-0.25, -0.2) is 9.59 Å². The standard InChI is InChI=1S/C26H20N2.C16H16N2O4.2C4H7N.Ru/c1-3-7-21(8-4-1)11-13-23-15-17-27-25(19-23)26-20-24(16-18-28-26)14-12-22-9-5-2-6-10-22;1-3-21-15(19)11-5-7-17-13(9-11)14-10-12(6-8-18-14)16(20)22-4-2;2*1-3-4-5-2;/h1-20H;5-10H,3-4H2,1-2H3;3-4H,2H2,1H3;3-4H,1H2,2H3;/b13-11+,14-12+;;4-3-;;. The first-order chi connectivity index (χ1) is 29.3. The quantitative estimate of drug-likeness (QED) is 0.0674. The molecule has 0 aliphatic rings. The van der Waals surface area contributed by atoms with Crippen LogP contribution in [-0.4, -0.2) is 65.1 Å². The summed E-state index contributed by atoms with van der Waals surface area (Å²) < 4.78 is 9.90. The Hall–Kier alpha value is -7.10. The smallest absolute Gasteiger partial charge is 0.338 e. The molecule has 312 valence electrons. The Morgan fingerprint density at radius 2 is 0.967 bits per heavy atom. The molecule has 11 heteroatoms. The molecule has 0 bridgehead atoms. The van der Waals surface area contributed by atoms with Crippen molar-refractivity contribution >= 4 is 49.2 Å². The summed E-state index contributed by atoms with van der Waals surface area (Å²) in [5.41, 5.74) is 8.01. The molecule has 0 amide bonds. The van der Waals surface area contributed by atoms with Crippen LogP contribution in [0.25, 0.3) is 47.1 Å². The zero-order valence-corrected chi connectivity index (χ0v) is 36.6. The Labute approximate surface area is 372 Å². The van der Waals surface area contributed by atoms with Crippen LogP contribution in [-0.2, 0) is 29.0 Å². The third-order valence-electron chi connectivity index (χ3n) is 7.68. The fraction of sp³-hybridized carbons (Fsp3) is 0.120. The second-order valence-corrected chi connectivity index (χ2v) is 12.0. The van der Waals surface area contributed by atoms with E-state index in [-0.39, 0.29) is 19.5 Å². The molecule has 0 unspecified atom stereocenters. The first-order valence-electron chi connectivity index (χ1n) is 19.1. The number of carbonyl (C=O) groups excluding carboxylic acids is 2. The molecular formula is C50H50N6O4Ru. The van der Waals surface area contributed by atoms with Crippen molar-refractivity contribution in [1.29, 1.82) is 0 Å². The van der Waals surface area contributed by atoms with Crippen molar-refractivity contribution in [2.75, 3.05) is 20.3 Å². The summed E-state index contributed by atoms with van der Waals surface area (Å²) in [6, 6.07) is 35.0. The van der Waals surface area contributed by atoms with Crippen molar-refractivity contribution in [2.45, 2.75) is 20.8 Å². The molecule has 10 nitrogen and oxygen atoms in total. The average Bonchev–Trinajstić information content (AvgIpc) is 3.30. The van der Waals surface area contributed by atoms with Crippen LogP contribution in [0, 0.1) is 0 Å². The van der Waals surface area contributed by atoms with Gasteiger partial charge in [-0.05, 0) is 98.3 Å². The van der Waals surface area contributed by atoms with Gasteiger partial charge in [-0.2, -0.15) is 0 Å². The molecule has 4 heterocycles. The van der Waals surface area contributed by atoms with E-state index in [4.69, 9.17) is 9.47 Å². The van der Waals surface area contributed by atoms with Crippen molar-refractivity contribution in [1.82, 2.24) is 19.9 Å². The number of aliphatic imine (C=N–C) groups is 2. The molecule has 2 aromatic carbocycles. The average molecular weight is 900 g/mol. The monoisotopic (exact) mass is 900 g/mol. The Morgan fingerprint density at radius 1 is 0.590 bits per heavy atom. The number of allylic oxidation sites excluding steroid dienone is 2. The van der Waals surface area contributed by atoms with Gasteiger partial charge in [-0.1, -0.05) is 104 Å². The van der Waals surface area contributed by atoms with E-state index in [9.17, 15) is 9.59 Å². The molecule has 6 rings (SSSR count). The maximum atomic E-state index is 11.7. The molecule has 0 atom stereocenters. The van der Waals surface area contributed by atoms with Crippen LogP contribution < -0.4 is 0 Å². The van der Waals surface area contributed by atoms with E-state index in [0.717, 1.165) is 22.5 Å². The van der Waals surface area contributed by atoms with Crippen molar-refractivity contribution in [3.8, 4) is 22.8 Å². The van der Waals surface area contributed by atoms with Gasteiger partial charge in [0.1, 0.15) is 0 Å². The zero-order chi connectivity index (χ0) is 43.2. The maximum absolute atomic E-state index is 11.7. The van der Waals surface area contributed by atoms with E-state index in [1.165, 1.54) is 23.5 Å². The molecule has 0 saturated carbocycles. The van der Waals surface area contributed by atoms with E-state index in [2.05, 4.69) is 104 Å². The van der Waals surface area contributed by atoms with Gasteiger partial charge >= 0.3 is 11.9 Å². The van der Waals surface area contributed by atoms with Gasteiger partial charge in [0.05, 0.1) is 47.1 Å². The number of hydrogen-bond donors (Lipinski definition) is 0. The summed E-state index contributed by atoms with van der Waals surface area (Å²) in [6.07, 6.45) is 21.8. The van der Waals surface area contributed by atoms with Crippen molar-refractivity contribution < 1.29 is 38.5 Å². The topological polar surface area (TPSA) is 129 Å². The number of hydrogen-bond acceptors (Lipinski definition) is 10. The molecular weight excluding hydrogens is 850 g/mol. The number of rotatable bonds is 12.